The Morgan fingerprint density at radius 1 is 1.61 bits per heavy atom. The van der Waals surface area contributed by atoms with Crippen molar-refractivity contribution < 1.29 is 14.6 Å². The van der Waals surface area contributed by atoms with Gasteiger partial charge in [-0.1, -0.05) is 0 Å². The molecule has 1 fully saturated rings. The number of hydrogen-bond donors (Lipinski definition) is 1. The van der Waals surface area contributed by atoms with E-state index in [1.165, 1.54) is 4.88 Å². The zero-order valence-corrected chi connectivity index (χ0v) is 11.2. The van der Waals surface area contributed by atoms with E-state index in [1.54, 1.807) is 11.3 Å². The zero-order chi connectivity index (χ0) is 12.7. The fraction of sp³-hybridized carbons (Fsp3) is 0.615. The molecule has 0 saturated carbocycles. The number of thiophene rings is 1. The summed E-state index contributed by atoms with van der Waals surface area (Å²) in [5, 5.41) is 11.5. The van der Waals surface area contributed by atoms with Crippen molar-refractivity contribution in [2.75, 3.05) is 13.2 Å². The van der Waals surface area contributed by atoms with Crippen LogP contribution in [0, 0.1) is 0 Å². The van der Waals surface area contributed by atoms with E-state index in [0.717, 1.165) is 31.6 Å². The number of rotatable bonds is 2. The highest BCUT2D eigenvalue weighted by Crippen LogP contribution is 2.37. The van der Waals surface area contributed by atoms with Crippen molar-refractivity contribution in [3.8, 4) is 0 Å². The van der Waals surface area contributed by atoms with Gasteiger partial charge in [-0.2, -0.15) is 0 Å². The minimum absolute atomic E-state index is 0.132. The topological polar surface area (TPSA) is 49.8 Å². The van der Waals surface area contributed by atoms with E-state index in [1.807, 2.05) is 18.4 Å². The molecule has 3 atom stereocenters. The van der Waals surface area contributed by atoms with Crippen LogP contribution in [0.2, 0.25) is 0 Å². The van der Waals surface area contributed by atoms with Crippen LogP contribution in [-0.4, -0.2) is 41.3 Å². The Kier molecular flexibility index (Phi) is 3.13. The quantitative estimate of drug-likeness (QED) is 0.889. The van der Waals surface area contributed by atoms with Crippen LogP contribution in [0.4, 0.5) is 0 Å². The third kappa shape index (κ3) is 1.86. The Morgan fingerprint density at radius 3 is 3.11 bits per heavy atom. The van der Waals surface area contributed by atoms with Gasteiger partial charge in [-0.3, -0.25) is 9.69 Å². The van der Waals surface area contributed by atoms with Gasteiger partial charge in [0.25, 0.3) is 0 Å². The SMILES string of the molecule is CC1OCCC1N1CCc2sccc2C1C(=O)O. The van der Waals surface area contributed by atoms with Crippen LogP contribution in [0.25, 0.3) is 0 Å². The first kappa shape index (κ1) is 12.1. The first-order chi connectivity index (χ1) is 8.68. The van der Waals surface area contributed by atoms with Crippen LogP contribution in [0.3, 0.4) is 0 Å². The number of carboxylic acids is 1. The second-order valence-electron chi connectivity index (χ2n) is 4.96. The van der Waals surface area contributed by atoms with E-state index in [9.17, 15) is 9.90 Å². The molecular formula is C13H17NO3S. The maximum atomic E-state index is 11.6. The third-order valence-corrected chi connectivity index (χ3v) is 5.00. The number of nitrogens with zero attached hydrogens (tertiary/aromatic N) is 1. The average molecular weight is 267 g/mol. The monoisotopic (exact) mass is 267 g/mol. The molecule has 0 bridgehead atoms. The Morgan fingerprint density at radius 2 is 2.44 bits per heavy atom. The Hall–Kier alpha value is -0.910. The van der Waals surface area contributed by atoms with Crippen molar-refractivity contribution in [1.82, 2.24) is 4.90 Å². The first-order valence-electron chi connectivity index (χ1n) is 6.35. The van der Waals surface area contributed by atoms with Gasteiger partial charge in [0, 0.05) is 24.1 Å². The summed E-state index contributed by atoms with van der Waals surface area (Å²) in [6, 6.07) is 1.71. The molecule has 0 spiro atoms. The van der Waals surface area contributed by atoms with Gasteiger partial charge in [-0.15, -0.1) is 11.3 Å². The molecule has 0 aromatic carbocycles. The van der Waals surface area contributed by atoms with E-state index < -0.39 is 12.0 Å². The van der Waals surface area contributed by atoms with Gasteiger partial charge in [-0.05, 0) is 36.8 Å². The number of hydrogen-bond acceptors (Lipinski definition) is 4. The fourth-order valence-corrected chi connectivity index (χ4v) is 4.03. The standard InChI is InChI=1S/C13H17NO3S/c1-8-10(3-6-17-8)14-5-2-11-9(4-7-18-11)12(14)13(15)16/h4,7-8,10,12H,2-3,5-6H2,1H3,(H,15,16). The normalized spacial score (nSPS) is 32.4. The van der Waals surface area contributed by atoms with Crippen LogP contribution in [0.15, 0.2) is 11.4 Å². The molecule has 2 aliphatic heterocycles. The predicted molar refractivity (Wildman–Crippen MR) is 68.9 cm³/mol. The summed E-state index contributed by atoms with van der Waals surface area (Å²) in [5.41, 5.74) is 0.984. The minimum atomic E-state index is -0.742. The largest absolute Gasteiger partial charge is 0.480 e. The smallest absolute Gasteiger partial charge is 0.325 e. The van der Waals surface area contributed by atoms with E-state index in [0.29, 0.717) is 0 Å². The third-order valence-electron chi connectivity index (χ3n) is 4.00. The molecule has 1 aromatic heterocycles. The number of carboxylic acid groups (broad SMARTS) is 1. The van der Waals surface area contributed by atoms with Crippen LogP contribution < -0.4 is 0 Å². The molecular weight excluding hydrogens is 250 g/mol. The average Bonchev–Trinajstić information content (AvgIpc) is 2.95. The number of fused-ring (bicyclic) bond motifs is 1. The lowest BCUT2D eigenvalue weighted by molar-refractivity contribution is -0.145. The van der Waals surface area contributed by atoms with Crippen molar-refractivity contribution in [1.29, 1.82) is 0 Å². The molecule has 3 unspecified atom stereocenters. The van der Waals surface area contributed by atoms with Gasteiger partial charge in [0.05, 0.1) is 6.10 Å². The van der Waals surface area contributed by atoms with Crippen LogP contribution in [0.1, 0.15) is 29.8 Å². The minimum Gasteiger partial charge on any atom is -0.480 e. The molecule has 0 amide bonds. The van der Waals surface area contributed by atoms with Gasteiger partial charge in [0.15, 0.2) is 0 Å². The van der Waals surface area contributed by atoms with E-state index in [2.05, 4.69) is 4.90 Å². The molecule has 0 aliphatic carbocycles. The van der Waals surface area contributed by atoms with Crippen LogP contribution in [-0.2, 0) is 16.0 Å². The number of ether oxygens (including phenoxy) is 1. The second-order valence-corrected chi connectivity index (χ2v) is 5.96. The fourth-order valence-electron chi connectivity index (χ4n) is 3.12. The number of carbonyl (C=O) groups is 1. The molecule has 2 aliphatic rings. The van der Waals surface area contributed by atoms with Gasteiger partial charge < -0.3 is 9.84 Å². The summed E-state index contributed by atoms with van der Waals surface area (Å²) < 4.78 is 5.58. The predicted octanol–water partition coefficient (Wildman–Crippen LogP) is 1.91. The Labute approximate surface area is 110 Å². The highest BCUT2D eigenvalue weighted by atomic mass is 32.1. The molecule has 0 radical (unpaired) electrons. The molecule has 3 heterocycles. The van der Waals surface area contributed by atoms with Crippen molar-refractivity contribution >= 4 is 17.3 Å². The van der Waals surface area contributed by atoms with E-state index in [4.69, 9.17) is 4.74 Å². The molecule has 1 aromatic rings. The summed E-state index contributed by atoms with van der Waals surface area (Å²) in [5.74, 6) is -0.742. The summed E-state index contributed by atoms with van der Waals surface area (Å²) in [4.78, 5) is 15.0. The van der Waals surface area contributed by atoms with Crippen LogP contribution >= 0.6 is 11.3 Å². The lowest BCUT2D eigenvalue weighted by atomic mass is 9.96. The lowest BCUT2D eigenvalue weighted by Crippen LogP contribution is -2.48. The molecule has 1 saturated heterocycles. The van der Waals surface area contributed by atoms with E-state index in [-0.39, 0.29) is 12.1 Å². The van der Waals surface area contributed by atoms with E-state index >= 15 is 0 Å². The van der Waals surface area contributed by atoms with Gasteiger partial charge in [-0.25, -0.2) is 0 Å². The molecule has 3 rings (SSSR count). The van der Waals surface area contributed by atoms with Crippen molar-refractivity contribution in [2.24, 2.45) is 0 Å². The molecule has 18 heavy (non-hydrogen) atoms. The highest BCUT2D eigenvalue weighted by molar-refractivity contribution is 7.10. The molecule has 98 valence electrons. The summed E-state index contributed by atoms with van der Waals surface area (Å²) in [6.45, 7) is 3.60. The lowest BCUT2D eigenvalue weighted by Gasteiger charge is -2.38. The van der Waals surface area contributed by atoms with Crippen molar-refractivity contribution in [3.05, 3.63) is 21.9 Å². The summed E-state index contributed by atoms with van der Waals surface area (Å²) in [6.07, 6.45) is 2.02. The molecule has 5 heteroatoms. The molecule has 1 N–H and O–H groups in total. The first-order valence-corrected chi connectivity index (χ1v) is 7.23. The van der Waals surface area contributed by atoms with Crippen molar-refractivity contribution in [2.45, 2.75) is 38.0 Å². The Balaban J connectivity index is 1.93. The van der Waals surface area contributed by atoms with Gasteiger partial charge in [0.1, 0.15) is 6.04 Å². The maximum absolute atomic E-state index is 11.6. The number of aliphatic carboxylic acids is 1. The summed E-state index contributed by atoms with van der Waals surface area (Å²) in [7, 11) is 0. The molecule has 4 nitrogen and oxygen atoms in total. The second kappa shape index (κ2) is 4.64. The maximum Gasteiger partial charge on any atom is 0.325 e. The highest BCUT2D eigenvalue weighted by Gasteiger charge is 2.41. The Bertz CT molecular complexity index is 459. The van der Waals surface area contributed by atoms with Crippen LogP contribution in [0.5, 0.6) is 0 Å². The van der Waals surface area contributed by atoms with Gasteiger partial charge >= 0.3 is 5.97 Å². The van der Waals surface area contributed by atoms with Gasteiger partial charge in [0.2, 0.25) is 0 Å². The summed E-state index contributed by atoms with van der Waals surface area (Å²) >= 11 is 1.67. The zero-order valence-electron chi connectivity index (χ0n) is 10.3. The van der Waals surface area contributed by atoms with Crippen molar-refractivity contribution in [3.63, 3.8) is 0 Å².